The predicted octanol–water partition coefficient (Wildman–Crippen LogP) is 2.17. The van der Waals surface area contributed by atoms with Gasteiger partial charge in [-0.2, -0.15) is 0 Å². The van der Waals surface area contributed by atoms with Gasteiger partial charge in [0.2, 0.25) is 0 Å². The zero-order valence-electron chi connectivity index (χ0n) is 9.76. The monoisotopic (exact) mass is 250 g/mol. The van der Waals surface area contributed by atoms with Crippen LogP contribution in [0.25, 0.3) is 0 Å². The molecule has 3 N–H and O–H groups in total. The summed E-state index contributed by atoms with van der Waals surface area (Å²) in [5.41, 5.74) is 2.97. The SMILES string of the molecule is NNC(C1CCC1)C1CSc2ccccc2O1. The Morgan fingerprint density at radius 1 is 1.35 bits per heavy atom. The van der Waals surface area contributed by atoms with E-state index in [9.17, 15) is 0 Å². The molecule has 17 heavy (non-hydrogen) atoms. The minimum atomic E-state index is 0.199. The van der Waals surface area contributed by atoms with Crippen molar-refractivity contribution in [3.8, 4) is 5.75 Å². The van der Waals surface area contributed by atoms with Crippen LogP contribution in [-0.2, 0) is 0 Å². The first kappa shape index (κ1) is 11.4. The van der Waals surface area contributed by atoms with Gasteiger partial charge in [0.15, 0.2) is 0 Å². The Morgan fingerprint density at radius 3 is 2.88 bits per heavy atom. The van der Waals surface area contributed by atoms with Gasteiger partial charge < -0.3 is 4.74 Å². The molecule has 0 saturated heterocycles. The van der Waals surface area contributed by atoms with Crippen LogP contribution in [0.3, 0.4) is 0 Å². The number of nitrogens with two attached hydrogens (primary N) is 1. The van der Waals surface area contributed by atoms with Gasteiger partial charge in [-0.3, -0.25) is 11.3 Å². The van der Waals surface area contributed by atoms with E-state index in [-0.39, 0.29) is 6.10 Å². The highest BCUT2D eigenvalue weighted by atomic mass is 32.2. The maximum Gasteiger partial charge on any atom is 0.133 e. The first-order valence-corrected chi connectivity index (χ1v) is 7.21. The van der Waals surface area contributed by atoms with E-state index in [0.29, 0.717) is 12.0 Å². The van der Waals surface area contributed by atoms with E-state index in [1.807, 2.05) is 23.9 Å². The van der Waals surface area contributed by atoms with Crippen LogP contribution in [-0.4, -0.2) is 17.9 Å². The minimum Gasteiger partial charge on any atom is -0.487 e. The summed E-state index contributed by atoms with van der Waals surface area (Å²) in [6.07, 6.45) is 4.09. The summed E-state index contributed by atoms with van der Waals surface area (Å²) in [4.78, 5) is 1.24. The number of nitrogens with one attached hydrogen (secondary N) is 1. The summed E-state index contributed by atoms with van der Waals surface area (Å²) in [7, 11) is 0. The first-order chi connectivity index (χ1) is 8.38. The van der Waals surface area contributed by atoms with Gasteiger partial charge in [-0.1, -0.05) is 18.6 Å². The molecule has 0 bridgehead atoms. The van der Waals surface area contributed by atoms with Crippen LogP contribution in [0, 0.1) is 5.92 Å². The molecular weight excluding hydrogens is 232 g/mol. The molecular formula is C13H18N2OS. The summed E-state index contributed by atoms with van der Waals surface area (Å²) < 4.78 is 6.08. The minimum absolute atomic E-state index is 0.199. The highest BCUT2D eigenvalue weighted by Crippen LogP contribution is 2.39. The Kier molecular flexibility index (Phi) is 3.27. The van der Waals surface area contributed by atoms with Crippen molar-refractivity contribution in [1.29, 1.82) is 0 Å². The summed E-state index contributed by atoms with van der Waals surface area (Å²) in [5, 5.41) is 0. The van der Waals surface area contributed by atoms with E-state index in [4.69, 9.17) is 10.6 Å². The standard InChI is InChI=1S/C13H18N2OS/c14-15-13(9-4-3-5-9)11-8-17-12-7-2-1-6-10(12)16-11/h1-2,6-7,9,11,13,15H,3-5,8,14H2. The summed E-state index contributed by atoms with van der Waals surface area (Å²) in [6, 6.07) is 8.54. The molecule has 1 aromatic rings. The molecule has 1 aliphatic heterocycles. The lowest BCUT2D eigenvalue weighted by Gasteiger charge is -2.39. The molecule has 1 fully saturated rings. The van der Waals surface area contributed by atoms with Crippen molar-refractivity contribution in [2.24, 2.45) is 11.8 Å². The molecule has 0 radical (unpaired) electrons. The molecule has 1 heterocycles. The number of fused-ring (bicyclic) bond motifs is 1. The lowest BCUT2D eigenvalue weighted by molar-refractivity contribution is 0.0986. The third-order valence-electron chi connectivity index (χ3n) is 3.78. The number of hydrogen-bond acceptors (Lipinski definition) is 4. The van der Waals surface area contributed by atoms with Crippen molar-refractivity contribution in [3.63, 3.8) is 0 Å². The topological polar surface area (TPSA) is 47.3 Å². The van der Waals surface area contributed by atoms with Gasteiger partial charge in [0, 0.05) is 10.6 Å². The molecule has 1 saturated carbocycles. The first-order valence-electron chi connectivity index (χ1n) is 6.23. The Hall–Kier alpha value is -0.710. The van der Waals surface area contributed by atoms with Gasteiger partial charge in [0.25, 0.3) is 0 Å². The fourth-order valence-electron chi connectivity index (χ4n) is 2.56. The fourth-order valence-corrected chi connectivity index (χ4v) is 3.61. The molecule has 4 heteroatoms. The highest BCUT2D eigenvalue weighted by Gasteiger charge is 2.35. The van der Waals surface area contributed by atoms with Gasteiger partial charge in [-0.15, -0.1) is 11.8 Å². The molecule has 1 aromatic carbocycles. The molecule has 2 aliphatic rings. The number of para-hydroxylation sites is 1. The third kappa shape index (κ3) is 2.17. The van der Waals surface area contributed by atoms with Crippen molar-refractivity contribution in [1.82, 2.24) is 5.43 Å². The Labute approximate surface area is 106 Å². The molecule has 0 amide bonds. The number of hydrogen-bond donors (Lipinski definition) is 2. The average Bonchev–Trinajstić information content (AvgIpc) is 2.33. The molecule has 0 aromatic heterocycles. The van der Waals surface area contributed by atoms with Gasteiger partial charge in [0.05, 0.1) is 6.04 Å². The zero-order valence-corrected chi connectivity index (χ0v) is 10.6. The molecule has 2 unspecified atom stereocenters. The van der Waals surface area contributed by atoms with Crippen molar-refractivity contribution >= 4 is 11.8 Å². The zero-order chi connectivity index (χ0) is 11.7. The van der Waals surface area contributed by atoms with Crippen LogP contribution in [0.15, 0.2) is 29.2 Å². The van der Waals surface area contributed by atoms with Crippen LogP contribution < -0.4 is 16.0 Å². The number of benzene rings is 1. The smallest absolute Gasteiger partial charge is 0.133 e. The van der Waals surface area contributed by atoms with Gasteiger partial charge in [-0.05, 0) is 30.9 Å². The molecule has 3 rings (SSSR count). The predicted molar refractivity (Wildman–Crippen MR) is 70.0 cm³/mol. The second-order valence-electron chi connectivity index (χ2n) is 4.80. The number of hydrazine groups is 1. The molecule has 0 spiro atoms. The summed E-state index contributed by atoms with van der Waals surface area (Å²) in [5.74, 6) is 8.38. The Morgan fingerprint density at radius 2 is 2.18 bits per heavy atom. The molecule has 3 nitrogen and oxygen atoms in total. The summed E-state index contributed by atoms with van der Waals surface area (Å²) >= 11 is 1.87. The second-order valence-corrected chi connectivity index (χ2v) is 5.86. The third-order valence-corrected chi connectivity index (χ3v) is 4.92. The highest BCUT2D eigenvalue weighted by molar-refractivity contribution is 7.99. The van der Waals surface area contributed by atoms with Crippen molar-refractivity contribution in [3.05, 3.63) is 24.3 Å². The maximum absolute atomic E-state index is 6.08. The van der Waals surface area contributed by atoms with Crippen molar-refractivity contribution < 1.29 is 4.74 Å². The lowest BCUT2D eigenvalue weighted by atomic mass is 9.78. The lowest BCUT2D eigenvalue weighted by Crippen LogP contribution is -2.54. The van der Waals surface area contributed by atoms with Crippen molar-refractivity contribution in [2.45, 2.75) is 36.3 Å². The number of ether oxygens (including phenoxy) is 1. The van der Waals surface area contributed by atoms with Crippen LogP contribution in [0.4, 0.5) is 0 Å². The van der Waals surface area contributed by atoms with Crippen LogP contribution in [0.2, 0.25) is 0 Å². The Bertz CT molecular complexity index is 395. The van der Waals surface area contributed by atoms with E-state index >= 15 is 0 Å². The van der Waals surface area contributed by atoms with Crippen LogP contribution >= 0.6 is 11.8 Å². The average molecular weight is 250 g/mol. The Balaban J connectivity index is 1.73. The van der Waals surface area contributed by atoms with Crippen LogP contribution in [0.1, 0.15) is 19.3 Å². The van der Waals surface area contributed by atoms with Crippen LogP contribution in [0.5, 0.6) is 5.75 Å². The van der Waals surface area contributed by atoms with E-state index in [1.165, 1.54) is 24.2 Å². The summed E-state index contributed by atoms with van der Waals surface area (Å²) in [6.45, 7) is 0. The van der Waals surface area contributed by atoms with E-state index < -0.39 is 0 Å². The largest absolute Gasteiger partial charge is 0.487 e. The normalized spacial score (nSPS) is 25.6. The van der Waals surface area contributed by atoms with Crippen molar-refractivity contribution in [2.75, 3.05) is 5.75 Å². The second kappa shape index (κ2) is 4.88. The molecule has 92 valence electrons. The maximum atomic E-state index is 6.08. The number of rotatable bonds is 3. The number of thioether (sulfide) groups is 1. The van der Waals surface area contributed by atoms with E-state index in [2.05, 4.69) is 17.6 Å². The molecule has 1 aliphatic carbocycles. The van der Waals surface area contributed by atoms with Gasteiger partial charge in [-0.25, -0.2) is 0 Å². The fraction of sp³-hybridized carbons (Fsp3) is 0.538. The van der Waals surface area contributed by atoms with Gasteiger partial charge in [0.1, 0.15) is 11.9 Å². The van der Waals surface area contributed by atoms with E-state index in [1.54, 1.807) is 0 Å². The quantitative estimate of drug-likeness (QED) is 0.637. The van der Waals surface area contributed by atoms with E-state index in [0.717, 1.165) is 11.5 Å². The molecule has 2 atom stereocenters. The van der Waals surface area contributed by atoms with Gasteiger partial charge >= 0.3 is 0 Å².